The van der Waals surface area contributed by atoms with Gasteiger partial charge in [-0.15, -0.1) is 0 Å². The molecule has 2 heteroatoms. The quantitative estimate of drug-likeness (QED) is 0.800. The van der Waals surface area contributed by atoms with Crippen LogP contribution in [0.15, 0.2) is 54.6 Å². The van der Waals surface area contributed by atoms with Gasteiger partial charge in [-0.25, -0.2) is 0 Å². The van der Waals surface area contributed by atoms with Crippen molar-refractivity contribution in [1.29, 1.82) is 0 Å². The minimum Gasteiger partial charge on any atom is -0.312 e. The standard InChI is InChI=1S/C18H19NO/c1-14-6-5-13-19(18(14)20)17-11-9-16(10-12-17)15-7-3-2-4-8-15/h2-4,7-12,14H,5-6,13H2,1H3. The molecule has 20 heavy (non-hydrogen) atoms. The fraction of sp³-hybridized carbons (Fsp3) is 0.278. The number of anilines is 1. The van der Waals surface area contributed by atoms with Crippen molar-refractivity contribution in [2.45, 2.75) is 19.8 Å². The molecule has 1 aliphatic heterocycles. The summed E-state index contributed by atoms with van der Waals surface area (Å²) >= 11 is 0. The highest BCUT2D eigenvalue weighted by molar-refractivity contribution is 5.95. The van der Waals surface area contributed by atoms with E-state index in [0.717, 1.165) is 25.1 Å². The van der Waals surface area contributed by atoms with Crippen LogP contribution in [0.1, 0.15) is 19.8 Å². The molecular weight excluding hydrogens is 246 g/mol. The summed E-state index contributed by atoms with van der Waals surface area (Å²) in [6.07, 6.45) is 2.10. The molecular formula is C18H19NO. The van der Waals surface area contributed by atoms with Gasteiger partial charge in [0.25, 0.3) is 0 Å². The molecule has 102 valence electrons. The van der Waals surface area contributed by atoms with E-state index in [1.807, 2.05) is 30.0 Å². The molecule has 0 aromatic heterocycles. The van der Waals surface area contributed by atoms with Gasteiger partial charge in [0.2, 0.25) is 5.91 Å². The van der Waals surface area contributed by atoms with E-state index in [9.17, 15) is 4.79 Å². The van der Waals surface area contributed by atoms with Gasteiger partial charge in [0.05, 0.1) is 0 Å². The number of piperidine rings is 1. The first-order valence-corrected chi connectivity index (χ1v) is 7.22. The van der Waals surface area contributed by atoms with Gasteiger partial charge in [-0.3, -0.25) is 4.79 Å². The van der Waals surface area contributed by atoms with Crippen LogP contribution < -0.4 is 4.90 Å². The largest absolute Gasteiger partial charge is 0.312 e. The summed E-state index contributed by atoms with van der Waals surface area (Å²) in [5.74, 6) is 0.404. The average Bonchev–Trinajstić information content (AvgIpc) is 2.51. The molecule has 2 aromatic carbocycles. The fourth-order valence-corrected chi connectivity index (χ4v) is 2.78. The van der Waals surface area contributed by atoms with Crippen molar-refractivity contribution >= 4 is 11.6 Å². The first-order valence-electron chi connectivity index (χ1n) is 7.22. The molecule has 1 unspecified atom stereocenters. The summed E-state index contributed by atoms with van der Waals surface area (Å²) in [7, 11) is 0. The van der Waals surface area contributed by atoms with Gasteiger partial charge >= 0.3 is 0 Å². The summed E-state index contributed by atoms with van der Waals surface area (Å²) in [5.41, 5.74) is 3.41. The highest BCUT2D eigenvalue weighted by Gasteiger charge is 2.25. The van der Waals surface area contributed by atoms with Gasteiger partial charge in [0.1, 0.15) is 0 Å². The number of carbonyl (C=O) groups excluding carboxylic acids is 1. The molecule has 1 heterocycles. The van der Waals surface area contributed by atoms with Crippen LogP contribution in [-0.2, 0) is 4.79 Å². The third-order valence-corrected chi connectivity index (χ3v) is 3.99. The molecule has 3 rings (SSSR count). The second kappa shape index (κ2) is 5.49. The molecule has 2 aromatic rings. The lowest BCUT2D eigenvalue weighted by Gasteiger charge is -2.30. The summed E-state index contributed by atoms with van der Waals surface area (Å²) in [4.78, 5) is 14.1. The van der Waals surface area contributed by atoms with Crippen molar-refractivity contribution in [2.75, 3.05) is 11.4 Å². The maximum Gasteiger partial charge on any atom is 0.229 e. The minimum absolute atomic E-state index is 0.151. The van der Waals surface area contributed by atoms with E-state index in [-0.39, 0.29) is 11.8 Å². The predicted molar refractivity (Wildman–Crippen MR) is 82.6 cm³/mol. The molecule has 1 atom stereocenters. The van der Waals surface area contributed by atoms with E-state index >= 15 is 0 Å². The van der Waals surface area contributed by atoms with Crippen molar-refractivity contribution in [3.8, 4) is 11.1 Å². The van der Waals surface area contributed by atoms with Crippen molar-refractivity contribution in [3.05, 3.63) is 54.6 Å². The van der Waals surface area contributed by atoms with Crippen molar-refractivity contribution in [1.82, 2.24) is 0 Å². The first-order chi connectivity index (χ1) is 9.75. The van der Waals surface area contributed by atoms with Crippen LogP contribution in [0.2, 0.25) is 0 Å². The molecule has 1 saturated heterocycles. The van der Waals surface area contributed by atoms with E-state index < -0.39 is 0 Å². The Balaban J connectivity index is 1.85. The summed E-state index contributed by atoms with van der Waals surface area (Å²) in [6.45, 7) is 2.86. The Morgan fingerprint density at radius 1 is 0.950 bits per heavy atom. The second-order valence-corrected chi connectivity index (χ2v) is 5.45. The van der Waals surface area contributed by atoms with Crippen LogP contribution in [0.3, 0.4) is 0 Å². The SMILES string of the molecule is CC1CCCN(c2ccc(-c3ccccc3)cc2)C1=O. The van der Waals surface area contributed by atoms with Gasteiger partial charge in [-0.05, 0) is 36.1 Å². The Kier molecular flexibility index (Phi) is 3.55. The summed E-state index contributed by atoms with van der Waals surface area (Å²) in [6, 6.07) is 18.6. The van der Waals surface area contributed by atoms with Gasteiger partial charge in [-0.2, -0.15) is 0 Å². The lowest BCUT2D eigenvalue weighted by Crippen LogP contribution is -2.40. The van der Waals surface area contributed by atoms with Crippen LogP contribution >= 0.6 is 0 Å². The summed E-state index contributed by atoms with van der Waals surface area (Å²) in [5, 5.41) is 0. The van der Waals surface area contributed by atoms with Gasteiger partial charge in [-0.1, -0.05) is 49.4 Å². The molecule has 0 saturated carbocycles. The molecule has 0 N–H and O–H groups in total. The lowest BCUT2D eigenvalue weighted by molar-refractivity contribution is -0.123. The van der Waals surface area contributed by atoms with E-state index in [1.54, 1.807) is 0 Å². The van der Waals surface area contributed by atoms with E-state index in [1.165, 1.54) is 11.1 Å². The van der Waals surface area contributed by atoms with Gasteiger partial charge in [0.15, 0.2) is 0 Å². The zero-order valence-corrected chi connectivity index (χ0v) is 11.8. The maximum absolute atomic E-state index is 12.2. The minimum atomic E-state index is 0.151. The van der Waals surface area contributed by atoms with Crippen molar-refractivity contribution in [3.63, 3.8) is 0 Å². The van der Waals surface area contributed by atoms with E-state index in [0.29, 0.717) is 0 Å². The molecule has 1 amide bonds. The van der Waals surface area contributed by atoms with Gasteiger partial charge < -0.3 is 4.90 Å². The fourth-order valence-electron chi connectivity index (χ4n) is 2.78. The number of hydrogen-bond acceptors (Lipinski definition) is 1. The zero-order chi connectivity index (χ0) is 13.9. The lowest BCUT2D eigenvalue weighted by atomic mass is 9.98. The number of amides is 1. The second-order valence-electron chi connectivity index (χ2n) is 5.45. The van der Waals surface area contributed by atoms with Crippen LogP contribution in [0.25, 0.3) is 11.1 Å². The van der Waals surface area contributed by atoms with Crippen LogP contribution in [0.5, 0.6) is 0 Å². The number of nitrogens with zero attached hydrogens (tertiary/aromatic N) is 1. The Bertz CT molecular complexity index is 589. The van der Waals surface area contributed by atoms with Gasteiger partial charge in [0, 0.05) is 18.2 Å². The number of rotatable bonds is 2. The zero-order valence-electron chi connectivity index (χ0n) is 11.8. The summed E-state index contributed by atoms with van der Waals surface area (Å²) < 4.78 is 0. The highest BCUT2D eigenvalue weighted by Crippen LogP contribution is 2.27. The van der Waals surface area contributed by atoms with E-state index in [4.69, 9.17) is 0 Å². The predicted octanol–water partition coefficient (Wildman–Crippen LogP) is 4.12. The number of carbonyl (C=O) groups is 1. The Morgan fingerprint density at radius 3 is 2.30 bits per heavy atom. The van der Waals surface area contributed by atoms with E-state index in [2.05, 4.69) is 36.4 Å². The number of benzene rings is 2. The highest BCUT2D eigenvalue weighted by atomic mass is 16.2. The first kappa shape index (κ1) is 12.9. The normalized spacial score (nSPS) is 19.1. The third-order valence-electron chi connectivity index (χ3n) is 3.99. The molecule has 1 aliphatic rings. The third kappa shape index (κ3) is 2.46. The molecule has 1 fully saturated rings. The van der Waals surface area contributed by atoms with Crippen LogP contribution in [0, 0.1) is 5.92 Å². The Labute approximate surface area is 120 Å². The topological polar surface area (TPSA) is 20.3 Å². The van der Waals surface area contributed by atoms with Crippen molar-refractivity contribution in [2.24, 2.45) is 5.92 Å². The molecule has 2 nitrogen and oxygen atoms in total. The van der Waals surface area contributed by atoms with Crippen LogP contribution in [-0.4, -0.2) is 12.5 Å². The maximum atomic E-state index is 12.2. The molecule has 0 aliphatic carbocycles. The van der Waals surface area contributed by atoms with Crippen LogP contribution in [0.4, 0.5) is 5.69 Å². The van der Waals surface area contributed by atoms with Crippen molar-refractivity contribution < 1.29 is 4.79 Å². The molecule has 0 spiro atoms. The Hall–Kier alpha value is -2.09. The molecule has 0 bridgehead atoms. The Morgan fingerprint density at radius 2 is 1.60 bits per heavy atom. The average molecular weight is 265 g/mol. The monoisotopic (exact) mass is 265 g/mol. The molecule has 0 radical (unpaired) electrons. The number of hydrogen-bond donors (Lipinski definition) is 0. The smallest absolute Gasteiger partial charge is 0.229 e.